The van der Waals surface area contributed by atoms with E-state index in [4.69, 9.17) is 0 Å². The molecule has 1 atom stereocenters. The van der Waals surface area contributed by atoms with Crippen molar-refractivity contribution in [1.29, 1.82) is 0 Å². The van der Waals surface area contributed by atoms with Gasteiger partial charge in [0.2, 0.25) is 0 Å². The van der Waals surface area contributed by atoms with Crippen molar-refractivity contribution in [2.45, 2.75) is 19.9 Å². The fraction of sp³-hybridized carbons (Fsp3) is 0.250. The first-order chi connectivity index (χ1) is 7.68. The predicted octanol–water partition coefficient (Wildman–Crippen LogP) is 3.50. The minimum absolute atomic E-state index is 0.259. The fourth-order valence-electron chi connectivity index (χ4n) is 1.69. The average Bonchev–Trinajstić information content (AvgIpc) is 2.68. The predicted molar refractivity (Wildman–Crippen MR) is 74.5 cm³/mol. The molecule has 2 rings (SSSR count). The van der Waals surface area contributed by atoms with E-state index < -0.39 is 0 Å². The Morgan fingerprint density at radius 3 is 2.75 bits per heavy atom. The van der Waals surface area contributed by atoms with Gasteiger partial charge in [0.05, 0.1) is 12.2 Å². The van der Waals surface area contributed by atoms with Crippen molar-refractivity contribution in [3.8, 4) is 0 Å². The molecular formula is C12H14IN3. The number of nitrogens with one attached hydrogen (secondary N) is 2. The molecule has 1 aromatic carbocycles. The zero-order valence-corrected chi connectivity index (χ0v) is 11.4. The Labute approximate surface area is 109 Å². The van der Waals surface area contributed by atoms with Crippen LogP contribution in [0.25, 0.3) is 0 Å². The zero-order valence-electron chi connectivity index (χ0n) is 9.29. The smallest absolute Gasteiger partial charge is 0.0542 e. The summed E-state index contributed by atoms with van der Waals surface area (Å²) < 4.78 is 1.23. The van der Waals surface area contributed by atoms with Crippen LogP contribution in [0.2, 0.25) is 0 Å². The minimum atomic E-state index is 0.259. The molecule has 3 nitrogen and oxygen atoms in total. The van der Waals surface area contributed by atoms with Crippen molar-refractivity contribution in [2.75, 3.05) is 5.32 Å². The molecule has 1 heterocycles. The van der Waals surface area contributed by atoms with Crippen molar-refractivity contribution in [3.63, 3.8) is 0 Å². The van der Waals surface area contributed by atoms with Gasteiger partial charge in [-0.3, -0.25) is 5.10 Å². The number of aromatic nitrogens is 2. The number of halogens is 1. The van der Waals surface area contributed by atoms with Gasteiger partial charge in [0.15, 0.2) is 0 Å². The number of rotatable bonds is 3. The third-order valence-corrected chi connectivity index (χ3v) is 3.52. The topological polar surface area (TPSA) is 40.7 Å². The molecule has 4 heteroatoms. The highest BCUT2D eigenvalue weighted by atomic mass is 127. The van der Waals surface area contributed by atoms with Crippen molar-refractivity contribution < 1.29 is 0 Å². The number of aromatic amines is 1. The van der Waals surface area contributed by atoms with Gasteiger partial charge in [-0.15, -0.1) is 0 Å². The number of nitrogens with zero attached hydrogens (tertiary/aromatic N) is 1. The Bertz CT molecular complexity index is 479. The third kappa shape index (κ3) is 2.37. The molecule has 1 aromatic heterocycles. The van der Waals surface area contributed by atoms with Gasteiger partial charge in [0.25, 0.3) is 0 Å². The molecule has 2 N–H and O–H groups in total. The fourth-order valence-corrected chi connectivity index (χ4v) is 2.23. The quantitative estimate of drug-likeness (QED) is 0.847. The molecule has 2 aromatic rings. The van der Waals surface area contributed by atoms with Gasteiger partial charge in [0.1, 0.15) is 0 Å². The maximum Gasteiger partial charge on any atom is 0.0542 e. The van der Waals surface area contributed by atoms with Gasteiger partial charge in [-0.05, 0) is 48.6 Å². The lowest BCUT2D eigenvalue weighted by atomic mass is 10.1. The molecule has 0 aliphatic carbocycles. The van der Waals surface area contributed by atoms with Crippen molar-refractivity contribution >= 4 is 28.3 Å². The summed E-state index contributed by atoms with van der Waals surface area (Å²) in [6.07, 6.45) is 1.88. The van der Waals surface area contributed by atoms with Crippen LogP contribution in [0.1, 0.15) is 24.2 Å². The molecule has 0 bridgehead atoms. The Hall–Kier alpha value is -1.04. The maximum atomic E-state index is 4.04. The van der Waals surface area contributed by atoms with E-state index in [9.17, 15) is 0 Å². The Balaban J connectivity index is 2.17. The summed E-state index contributed by atoms with van der Waals surface area (Å²) in [4.78, 5) is 0. The molecule has 84 valence electrons. The first kappa shape index (κ1) is 11.4. The number of para-hydroxylation sites is 1. The normalized spacial score (nSPS) is 12.4. The summed E-state index contributed by atoms with van der Waals surface area (Å²) in [6, 6.07) is 8.53. The van der Waals surface area contributed by atoms with Crippen molar-refractivity contribution in [3.05, 3.63) is 45.3 Å². The van der Waals surface area contributed by atoms with Crippen LogP contribution >= 0.6 is 22.6 Å². The number of hydrogen-bond acceptors (Lipinski definition) is 2. The first-order valence-electron chi connectivity index (χ1n) is 5.19. The summed E-state index contributed by atoms with van der Waals surface area (Å²) in [6.45, 7) is 4.18. The molecule has 0 fully saturated rings. The molecule has 0 radical (unpaired) electrons. The van der Waals surface area contributed by atoms with Crippen LogP contribution in [0.5, 0.6) is 0 Å². The van der Waals surface area contributed by atoms with Crippen LogP contribution in [0.4, 0.5) is 5.69 Å². The molecule has 0 saturated carbocycles. The van der Waals surface area contributed by atoms with Crippen LogP contribution in [-0.4, -0.2) is 10.2 Å². The van der Waals surface area contributed by atoms with Crippen LogP contribution in [0, 0.1) is 10.5 Å². The van der Waals surface area contributed by atoms with Gasteiger partial charge in [-0.25, -0.2) is 0 Å². The number of anilines is 1. The van der Waals surface area contributed by atoms with E-state index in [2.05, 4.69) is 57.2 Å². The Morgan fingerprint density at radius 1 is 1.38 bits per heavy atom. The number of hydrogen-bond donors (Lipinski definition) is 2. The van der Waals surface area contributed by atoms with Gasteiger partial charge in [-0.1, -0.05) is 12.1 Å². The van der Waals surface area contributed by atoms with E-state index in [0.29, 0.717) is 0 Å². The van der Waals surface area contributed by atoms with Crippen molar-refractivity contribution in [2.24, 2.45) is 0 Å². The lowest BCUT2D eigenvalue weighted by Crippen LogP contribution is -2.07. The first-order valence-corrected chi connectivity index (χ1v) is 6.27. The molecule has 0 spiro atoms. The lowest BCUT2D eigenvalue weighted by molar-refractivity contribution is 0.873. The van der Waals surface area contributed by atoms with Crippen LogP contribution in [0.15, 0.2) is 30.5 Å². The molecule has 0 aliphatic rings. The zero-order chi connectivity index (χ0) is 11.5. The van der Waals surface area contributed by atoms with E-state index in [1.165, 1.54) is 9.13 Å². The molecular weight excluding hydrogens is 313 g/mol. The maximum absolute atomic E-state index is 4.04. The van der Waals surface area contributed by atoms with E-state index in [0.717, 1.165) is 11.4 Å². The molecule has 16 heavy (non-hydrogen) atoms. The second-order valence-electron chi connectivity index (χ2n) is 3.80. The van der Waals surface area contributed by atoms with E-state index >= 15 is 0 Å². The SMILES string of the molecule is Cc1[nH]ncc1C(C)Nc1ccccc1I. The summed E-state index contributed by atoms with van der Waals surface area (Å²) >= 11 is 2.33. The summed E-state index contributed by atoms with van der Waals surface area (Å²) in [5.41, 5.74) is 3.49. The largest absolute Gasteiger partial charge is 0.378 e. The molecule has 1 unspecified atom stereocenters. The van der Waals surface area contributed by atoms with Crippen LogP contribution in [0.3, 0.4) is 0 Å². The van der Waals surface area contributed by atoms with E-state index in [1.54, 1.807) is 0 Å². The van der Waals surface area contributed by atoms with Gasteiger partial charge in [0, 0.05) is 20.5 Å². The van der Waals surface area contributed by atoms with Crippen LogP contribution < -0.4 is 5.32 Å². The van der Waals surface area contributed by atoms with Gasteiger partial charge in [-0.2, -0.15) is 5.10 Å². The van der Waals surface area contributed by atoms with Gasteiger partial charge < -0.3 is 5.32 Å². The molecule has 0 saturated heterocycles. The molecule has 0 amide bonds. The highest BCUT2D eigenvalue weighted by Crippen LogP contribution is 2.24. The number of H-pyrrole nitrogens is 1. The third-order valence-electron chi connectivity index (χ3n) is 2.58. The lowest BCUT2D eigenvalue weighted by Gasteiger charge is -2.15. The summed E-state index contributed by atoms with van der Waals surface area (Å²) in [5, 5.41) is 10.5. The van der Waals surface area contributed by atoms with Crippen LogP contribution in [-0.2, 0) is 0 Å². The molecule has 0 aliphatic heterocycles. The van der Waals surface area contributed by atoms with E-state index in [-0.39, 0.29) is 6.04 Å². The van der Waals surface area contributed by atoms with Crippen molar-refractivity contribution in [1.82, 2.24) is 10.2 Å². The van der Waals surface area contributed by atoms with E-state index in [1.807, 2.05) is 25.3 Å². The Morgan fingerprint density at radius 2 is 2.12 bits per heavy atom. The minimum Gasteiger partial charge on any atom is -0.378 e. The monoisotopic (exact) mass is 327 g/mol. The highest BCUT2D eigenvalue weighted by Gasteiger charge is 2.10. The summed E-state index contributed by atoms with van der Waals surface area (Å²) in [7, 11) is 0. The summed E-state index contributed by atoms with van der Waals surface area (Å²) in [5.74, 6) is 0. The number of aryl methyl sites for hydroxylation is 1. The second-order valence-corrected chi connectivity index (χ2v) is 4.96. The highest BCUT2D eigenvalue weighted by molar-refractivity contribution is 14.1. The standard InChI is InChI=1S/C12H14IN3/c1-8(10-7-14-16-9(10)2)15-12-6-4-3-5-11(12)13/h3-8,15H,1-2H3,(H,14,16). The van der Waals surface area contributed by atoms with Gasteiger partial charge >= 0.3 is 0 Å². The number of benzene rings is 1. The Kier molecular flexibility index (Phi) is 3.48. The average molecular weight is 327 g/mol. The second kappa shape index (κ2) is 4.86.